The van der Waals surface area contributed by atoms with Gasteiger partial charge in [0.1, 0.15) is 11.6 Å². The first-order valence-electron chi connectivity index (χ1n) is 10.3. The Morgan fingerprint density at radius 2 is 1.61 bits per heavy atom. The van der Waals surface area contributed by atoms with Crippen molar-refractivity contribution in [2.75, 3.05) is 28.0 Å². The van der Waals surface area contributed by atoms with Crippen LogP contribution in [0.25, 0.3) is 0 Å². The lowest BCUT2D eigenvalue weighted by Crippen LogP contribution is -2.30. The number of nitrogens with one attached hydrogen (secondary N) is 2. The first-order chi connectivity index (χ1) is 14.8. The van der Waals surface area contributed by atoms with Crippen molar-refractivity contribution in [3.8, 4) is 0 Å². The molecule has 0 atom stereocenters. The fraction of sp³-hybridized carbons (Fsp3) is 0.381. The largest absolute Gasteiger partial charge is 0.356 e. The van der Waals surface area contributed by atoms with Crippen LogP contribution in [0.3, 0.4) is 0 Å². The summed E-state index contributed by atoms with van der Waals surface area (Å²) < 4.78 is 29.3. The average Bonchev–Trinajstić information content (AvgIpc) is 3.09. The molecule has 10 heteroatoms. The number of anilines is 4. The molecule has 1 aromatic carbocycles. The Balaban J connectivity index is 1.47. The van der Waals surface area contributed by atoms with Gasteiger partial charge in [-0.1, -0.05) is 0 Å². The summed E-state index contributed by atoms with van der Waals surface area (Å²) in [4.78, 5) is 15.5. The van der Waals surface area contributed by atoms with Gasteiger partial charge in [-0.15, -0.1) is 0 Å². The third-order valence-electron chi connectivity index (χ3n) is 5.28. The molecule has 0 aliphatic carbocycles. The van der Waals surface area contributed by atoms with Gasteiger partial charge in [0.15, 0.2) is 5.03 Å². The number of piperidine rings is 1. The molecule has 2 aromatic heterocycles. The van der Waals surface area contributed by atoms with E-state index in [9.17, 15) is 8.42 Å². The number of sulfonamides is 1. The molecule has 3 heterocycles. The van der Waals surface area contributed by atoms with Crippen LogP contribution in [0.15, 0.2) is 41.6 Å². The van der Waals surface area contributed by atoms with E-state index in [1.54, 1.807) is 42.8 Å². The zero-order valence-electron chi connectivity index (χ0n) is 18.0. The van der Waals surface area contributed by atoms with E-state index in [1.807, 2.05) is 13.0 Å². The minimum absolute atomic E-state index is 0.00638. The summed E-state index contributed by atoms with van der Waals surface area (Å²) in [6.07, 6.45) is 5.12. The number of rotatable bonds is 6. The molecule has 9 nitrogen and oxygen atoms in total. The second kappa shape index (κ2) is 8.54. The number of imidazole rings is 1. The number of aryl methyl sites for hydroxylation is 3. The number of benzene rings is 1. The summed E-state index contributed by atoms with van der Waals surface area (Å²) in [7, 11) is -1.99. The van der Waals surface area contributed by atoms with Crippen molar-refractivity contribution in [1.29, 1.82) is 0 Å². The molecule has 1 fully saturated rings. The topological polar surface area (TPSA) is 105 Å². The van der Waals surface area contributed by atoms with Crippen LogP contribution >= 0.6 is 0 Å². The van der Waals surface area contributed by atoms with E-state index in [-0.39, 0.29) is 5.03 Å². The van der Waals surface area contributed by atoms with E-state index < -0.39 is 10.0 Å². The number of aromatic nitrogens is 4. The van der Waals surface area contributed by atoms with Crippen molar-refractivity contribution < 1.29 is 8.42 Å². The van der Waals surface area contributed by atoms with Crippen molar-refractivity contribution in [2.24, 2.45) is 7.05 Å². The van der Waals surface area contributed by atoms with E-state index in [2.05, 4.69) is 29.9 Å². The lowest BCUT2D eigenvalue weighted by molar-refractivity contribution is 0.573. The molecule has 2 N–H and O–H groups in total. The van der Waals surface area contributed by atoms with Crippen LogP contribution in [-0.2, 0) is 17.1 Å². The highest BCUT2D eigenvalue weighted by Crippen LogP contribution is 2.23. The van der Waals surface area contributed by atoms with Gasteiger partial charge in [-0.3, -0.25) is 4.72 Å². The quantitative estimate of drug-likeness (QED) is 0.604. The third-order valence-corrected chi connectivity index (χ3v) is 6.53. The lowest BCUT2D eigenvalue weighted by Gasteiger charge is -2.28. The average molecular weight is 442 g/mol. The van der Waals surface area contributed by atoms with E-state index in [1.165, 1.54) is 25.5 Å². The molecule has 0 saturated carbocycles. The van der Waals surface area contributed by atoms with Gasteiger partial charge in [-0.05, 0) is 57.4 Å². The van der Waals surface area contributed by atoms with E-state index >= 15 is 0 Å². The molecule has 1 aliphatic rings. The zero-order chi connectivity index (χ0) is 22.0. The molecule has 3 aromatic rings. The molecule has 0 radical (unpaired) electrons. The van der Waals surface area contributed by atoms with Crippen molar-refractivity contribution >= 4 is 33.2 Å². The molecule has 0 spiro atoms. The van der Waals surface area contributed by atoms with Crippen LogP contribution in [0, 0.1) is 13.8 Å². The van der Waals surface area contributed by atoms with E-state index in [0.29, 0.717) is 17.5 Å². The monoisotopic (exact) mass is 441 g/mol. The Kier molecular flexibility index (Phi) is 5.81. The minimum Gasteiger partial charge on any atom is -0.356 e. The minimum atomic E-state index is -3.74. The van der Waals surface area contributed by atoms with Gasteiger partial charge in [0.05, 0.1) is 0 Å². The van der Waals surface area contributed by atoms with E-state index in [4.69, 9.17) is 0 Å². The first-order valence-corrected chi connectivity index (χ1v) is 11.8. The van der Waals surface area contributed by atoms with E-state index in [0.717, 1.165) is 30.3 Å². The predicted octanol–water partition coefficient (Wildman–Crippen LogP) is 3.36. The highest BCUT2D eigenvalue weighted by Gasteiger charge is 2.19. The van der Waals surface area contributed by atoms with Crippen LogP contribution < -0.4 is 14.9 Å². The Labute approximate surface area is 182 Å². The maximum atomic E-state index is 12.5. The molecule has 4 rings (SSSR count). The first kappa shape index (κ1) is 21.1. The summed E-state index contributed by atoms with van der Waals surface area (Å²) in [6, 6.07) is 8.96. The number of nitrogens with zero attached hydrogens (tertiary/aromatic N) is 5. The summed E-state index contributed by atoms with van der Waals surface area (Å²) >= 11 is 0. The van der Waals surface area contributed by atoms with Crippen LogP contribution in [0.2, 0.25) is 0 Å². The molecule has 31 heavy (non-hydrogen) atoms. The summed E-state index contributed by atoms with van der Waals surface area (Å²) in [5.74, 6) is 2.09. The van der Waals surface area contributed by atoms with Gasteiger partial charge in [0.25, 0.3) is 10.0 Å². The molecule has 0 amide bonds. The van der Waals surface area contributed by atoms with Gasteiger partial charge in [-0.2, -0.15) is 13.4 Å². The number of hydrogen-bond acceptors (Lipinski definition) is 7. The SMILES string of the molecule is Cc1cc(N2CCCCC2)nc(Nc2ccc(NS(=O)(=O)c3cn(C)c(C)n3)cc2)n1. The molecule has 0 bridgehead atoms. The maximum absolute atomic E-state index is 12.5. The summed E-state index contributed by atoms with van der Waals surface area (Å²) in [6.45, 7) is 5.74. The Hall–Kier alpha value is -3.14. The summed E-state index contributed by atoms with van der Waals surface area (Å²) in [5, 5.41) is 3.21. The van der Waals surface area contributed by atoms with Crippen LogP contribution in [-0.4, -0.2) is 41.0 Å². The summed E-state index contributed by atoms with van der Waals surface area (Å²) in [5.41, 5.74) is 2.12. The second-order valence-electron chi connectivity index (χ2n) is 7.78. The zero-order valence-corrected chi connectivity index (χ0v) is 18.8. The Morgan fingerprint density at radius 3 is 2.26 bits per heavy atom. The maximum Gasteiger partial charge on any atom is 0.280 e. The standard InChI is InChI=1S/C21H27N7O2S/c1-15-13-19(28-11-5-4-6-12-28)25-21(22-15)24-17-7-9-18(10-8-17)26-31(29,30)20-14-27(3)16(2)23-20/h7-10,13-14,26H,4-6,11-12H2,1-3H3,(H,22,24,25). The van der Waals surface area contributed by atoms with Gasteiger partial charge < -0.3 is 14.8 Å². The van der Waals surface area contributed by atoms with Crippen LogP contribution in [0.4, 0.5) is 23.1 Å². The van der Waals surface area contributed by atoms with Crippen LogP contribution in [0.5, 0.6) is 0 Å². The molecular weight excluding hydrogens is 414 g/mol. The van der Waals surface area contributed by atoms with Gasteiger partial charge in [0, 0.05) is 49.5 Å². The fourth-order valence-electron chi connectivity index (χ4n) is 3.51. The van der Waals surface area contributed by atoms with Gasteiger partial charge >= 0.3 is 0 Å². The highest BCUT2D eigenvalue weighted by molar-refractivity contribution is 7.92. The Morgan fingerprint density at radius 1 is 0.935 bits per heavy atom. The molecular formula is C21H27N7O2S. The third kappa shape index (κ3) is 4.96. The van der Waals surface area contributed by atoms with Crippen molar-refractivity contribution in [3.05, 3.63) is 48.0 Å². The highest BCUT2D eigenvalue weighted by atomic mass is 32.2. The molecule has 0 unspecified atom stereocenters. The van der Waals surface area contributed by atoms with Gasteiger partial charge in [0.2, 0.25) is 5.95 Å². The fourth-order valence-corrected chi connectivity index (χ4v) is 4.61. The smallest absolute Gasteiger partial charge is 0.280 e. The predicted molar refractivity (Wildman–Crippen MR) is 121 cm³/mol. The lowest BCUT2D eigenvalue weighted by atomic mass is 10.1. The molecule has 1 saturated heterocycles. The van der Waals surface area contributed by atoms with Gasteiger partial charge in [-0.25, -0.2) is 9.97 Å². The van der Waals surface area contributed by atoms with Crippen molar-refractivity contribution in [1.82, 2.24) is 19.5 Å². The van der Waals surface area contributed by atoms with Crippen LogP contribution in [0.1, 0.15) is 30.8 Å². The molecule has 164 valence electrons. The van der Waals surface area contributed by atoms with Crippen molar-refractivity contribution in [2.45, 2.75) is 38.1 Å². The second-order valence-corrected chi connectivity index (χ2v) is 9.41. The Bertz CT molecular complexity index is 1150. The normalized spacial score (nSPS) is 14.5. The molecule has 1 aliphatic heterocycles. The van der Waals surface area contributed by atoms with Crippen molar-refractivity contribution in [3.63, 3.8) is 0 Å². The number of hydrogen-bond donors (Lipinski definition) is 2.